The van der Waals surface area contributed by atoms with Crippen molar-refractivity contribution in [2.24, 2.45) is 0 Å². The van der Waals surface area contributed by atoms with Crippen LogP contribution in [0.5, 0.6) is 5.75 Å². The predicted octanol–water partition coefficient (Wildman–Crippen LogP) is 3.95. The van der Waals surface area contributed by atoms with Gasteiger partial charge >= 0.3 is 6.18 Å². The molecule has 3 aliphatic heterocycles. The van der Waals surface area contributed by atoms with Crippen LogP contribution in [0.2, 0.25) is 5.02 Å². The van der Waals surface area contributed by atoms with Gasteiger partial charge in [0.25, 0.3) is 17.0 Å². The number of alkyl halides is 3. The fourth-order valence-electron chi connectivity index (χ4n) is 7.63. The molecule has 2 N–H and O–H groups in total. The highest BCUT2D eigenvalue weighted by Crippen LogP contribution is 2.38. The summed E-state index contributed by atoms with van der Waals surface area (Å²) in [5.41, 5.74) is 0.00532. The van der Waals surface area contributed by atoms with Crippen LogP contribution < -0.4 is 21.3 Å². The van der Waals surface area contributed by atoms with Crippen LogP contribution in [-0.4, -0.2) is 83.3 Å². The third-order valence-corrected chi connectivity index (χ3v) is 10.9. The molecule has 0 bridgehead atoms. The standard InChI is InChI=1S/C38H37ClF3N9O7/c1-4-26-30(47-9-11-48(12-10-47)33(54)29-31(53)35(56)49-13-14-57-19-27(49)44-29)34(55)51-36(45-32(46-51)20-5-7-23-21(15-20)18-58-37(23,2)3)50(26)17-28(52)43-25-8-6-22(16-24(25)39)38(40,41)42/h5-8,15-16,53H,4,9-14,17-19H2,1-3H3,(H,43,52). The van der Waals surface area contributed by atoms with Gasteiger partial charge in [0, 0.05) is 31.7 Å². The first-order valence-electron chi connectivity index (χ1n) is 18.5. The topological polar surface area (TPSA) is 178 Å². The van der Waals surface area contributed by atoms with E-state index in [9.17, 15) is 37.5 Å². The number of nitrogens with one attached hydrogen (secondary N) is 1. The van der Waals surface area contributed by atoms with E-state index in [1.165, 1.54) is 14.0 Å². The molecule has 304 valence electrons. The number of piperazine rings is 1. The molecule has 5 aromatic rings. The van der Waals surface area contributed by atoms with Crippen LogP contribution in [0.25, 0.3) is 17.2 Å². The van der Waals surface area contributed by atoms with E-state index in [0.717, 1.165) is 33.8 Å². The van der Waals surface area contributed by atoms with Gasteiger partial charge in [-0.3, -0.25) is 23.7 Å². The minimum atomic E-state index is -4.64. The molecule has 16 nitrogen and oxygen atoms in total. The smallest absolute Gasteiger partial charge is 0.416 e. The molecule has 1 saturated heterocycles. The van der Waals surface area contributed by atoms with Crippen LogP contribution in [0.15, 0.2) is 46.0 Å². The number of fused-ring (bicyclic) bond motifs is 3. The van der Waals surface area contributed by atoms with E-state index < -0.39 is 52.6 Å². The second-order valence-corrected chi connectivity index (χ2v) is 15.0. The monoisotopic (exact) mass is 823 g/mol. The van der Waals surface area contributed by atoms with Crippen molar-refractivity contribution in [1.82, 2.24) is 33.6 Å². The van der Waals surface area contributed by atoms with Gasteiger partial charge in [-0.1, -0.05) is 30.7 Å². The fourth-order valence-corrected chi connectivity index (χ4v) is 7.86. The molecule has 6 heterocycles. The number of benzene rings is 2. The normalized spacial score (nSPS) is 16.4. The number of carbonyl (C=O) groups is 2. The average Bonchev–Trinajstić information content (AvgIpc) is 3.78. The van der Waals surface area contributed by atoms with Gasteiger partial charge in [-0.2, -0.15) is 22.7 Å². The van der Waals surface area contributed by atoms with E-state index in [0.29, 0.717) is 17.9 Å². The van der Waals surface area contributed by atoms with Crippen LogP contribution in [0.1, 0.15) is 59.5 Å². The second-order valence-electron chi connectivity index (χ2n) is 14.6. The van der Waals surface area contributed by atoms with E-state index >= 15 is 0 Å². The van der Waals surface area contributed by atoms with Crippen molar-refractivity contribution in [2.45, 2.75) is 65.3 Å². The molecule has 8 rings (SSSR count). The summed E-state index contributed by atoms with van der Waals surface area (Å²) < 4.78 is 55.1. The highest BCUT2D eigenvalue weighted by Gasteiger charge is 2.34. The Kier molecular flexibility index (Phi) is 9.79. The van der Waals surface area contributed by atoms with Gasteiger partial charge < -0.3 is 34.3 Å². The van der Waals surface area contributed by atoms with E-state index in [2.05, 4.69) is 15.4 Å². The number of halogens is 4. The van der Waals surface area contributed by atoms with Crippen molar-refractivity contribution in [3.63, 3.8) is 0 Å². The molecule has 3 aromatic heterocycles. The highest BCUT2D eigenvalue weighted by molar-refractivity contribution is 6.33. The van der Waals surface area contributed by atoms with Crippen LogP contribution in [-0.2, 0) is 58.8 Å². The first-order valence-corrected chi connectivity index (χ1v) is 18.8. The highest BCUT2D eigenvalue weighted by atomic mass is 35.5. The van der Waals surface area contributed by atoms with Gasteiger partial charge in [-0.15, -0.1) is 5.10 Å². The Balaban J connectivity index is 1.14. The quantitative estimate of drug-likeness (QED) is 0.243. The number of aromatic hydroxyl groups is 1. The van der Waals surface area contributed by atoms with E-state index in [1.807, 2.05) is 32.0 Å². The number of ether oxygens (including phenoxy) is 2. The van der Waals surface area contributed by atoms with Gasteiger partial charge in [-0.05, 0) is 55.7 Å². The molecule has 20 heteroatoms. The molecule has 0 aliphatic carbocycles. The van der Waals surface area contributed by atoms with Crippen LogP contribution in [0.4, 0.5) is 24.5 Å². The molecule has 2 aromatic carbocycles. The third kappa shape index (κ3) is 6.85. The lowest BCUT2D eigenvalue weighted by atomic mass is 9.94. The van der Waals surface area contributed by atoms with E-state index in [4.69, 9.17) is 26.1 Å². The van der Waals surface area contributed by atoms with Crippen LogP contribution >= 0.6 is 11.6 Å². The van der Waals surface area contributed by atoms with Crippen molar-refractivity contribution >= 4 is 40.6 Å². The second kappa shape index (κ2) is 14.5. The Hall–Kier alpha value is -5.79. The van der Waals surface area contributed by atoms with Crippen LogP contribution in [0, 0.1) is 0 Å². The number of carbonyl (C=O) groups excluding carboxylic acids is 2. The Morgan fingerprint density at radius 1 is 1.00 bits per heavy atom. The number of anilines is 2. The molecule has 0 spiro atoms. The number of hydrogen-bond donors (Lipinski definition) is 2. The maximum Gasteiger partial charge on any atom is 0.416 e. The Bertz CT molecular complexity index is 2630. The molecule has 2 amide bonds. The summed E-state index contributed by atoms with van der Waals surface area (Å²) in [5.74, 6) is -1.59. The number of hydrogen-bond acceptors (Lipinski definition) is 11. The number of aromatic nitrogens is 6. The average molecular weight is 824 g/mol. The Morgan fingerprint density at radius 3 is 2.47 bits per heavy atom. The maximum atomic E-state index is 14.5. The van der Waals surface area contributed by atoms with Crippen molar-refractivity contribution in [3.8, 4) is 17.1 Å². The summed E-state index contributed by atoms with van der Waals surface area (Å²) in [6, 6.07) is 8.23. The molecule has 0 atom stereocenters. The van der Waals surface area contributed by atoms with E-state index in [1.54, 1.807) is 11.8 Å². The number of amides is 2. The van der Waals surface area contributed by atoms with E-state index in [-0.39, 0.29) is 91.9 Å². The fraction of sp³-hybridized carbons (Fsp3) is 0.395. The van der Waals surface area contributed by atoms with Crippen LogP contribution in [0.3, 0.4) is 0 Å². The van der Waals surface area contributed by atoms with Crippen molar-refractivity contribution in [2.75, 3.05) is 43.0 Å². The van der Waals surface area contributed by atoms with Gasteiger partial charge in [0.2, 0.25) is 17.4 Å². The zero-order chi connectivity index (χ0) is 41.3. The summed E-state index contributed by atoms with van der Waals surface area (Å²) in [7, 11) is 0. The van der Waals surface area contributed by atoms with Crippen molar-refractivity contribution in [3.05, 3.63) is 96.0 Å². The Labute approximate surface area is 332 Å². The summed E-state index contributed by atoms with van der Waals surface area (Å²) in [6.07, 6.45) is -4.40. The van der Waals surface area contributed by atoms with Crippen molar-refractivity contribution in [1.29, 1.82) is 0 Å². The number of rotatable bonds is 7. The SMILES string of the molecule is CCc1c(N2CCN(C(=O)c3nc4n(c(=O)c3O)CCOC4)CC2)c(=O)n2nc(-c3ccc4c(c3)COC4(C)C)nc2n1CC(=O)Nc1ccc(C(F)(F)F)cc1Cl. The van der Waals surface area contributed by atoms with Gasteiger partial charge in [0.1, 0.15) is 24.7 Å². The molecule has 3 aliphatic rings. The summed E-state index contributed by atoms with van der Waals surface area (Å²) in [5, 5.41) is 17.5. The lowest BCUT2D eigenvalue weighted by molar-refractivity contribution is -0.137. The minimum absolute atomic E-state index is 0.0105. The molecule has 0 unspecified atom stereocenters. The molecular formula is C38H37ClF3N9O7. The number of nitrogens with zero attached hydrogens (tertiary/aromatic N) is 8. The van der Waals surface area contributed by atoms with Gasteiger partial charge in [0.05, 0.1) is 47.3 Å². The van der Waals surface area contributed by atoms with Crippen molar-refractivity contribution < 1.29 is 37.3 Å². The van der Waals surface area contributed by atoms with Gasteiger partial charge in [0.15, 0.2) is 11.5 Å². The summed E-state index contributed by atoms with van der Waals surface area (Å²) >= 11 is 6.16. The molecule has 0 saturated carbocycles. The first kappa shape index (κ1) is 39.1. The zero-order valence-electron chi connectivity index (χ0n) is 31.5. The molecule has 58 heavy (non-hydrogen) atoms. The molecule has 0 radical (unpaired) electrons. The van der Waals surface area contributed by atoms with Gasteiger partial charge in [-0.25, -0.2) is 4.98 Å². The lowest BCUT2D eigenvalue weighted by Gasteiger charge is -2.36. The minimum Gasteiger partial charge on any atom is -0.501 e. The lowest BCUT2D eigenvalue weighted by Crippen LogP contribution is -2.51. The Morgan fingerprint density at radius 2 is 1.76 bits per heavy atom. The maximum absolute atomic E-state index is 14.5. The molecular weight excluding hydrogens is 787 g/mol. The first-order chi connectivity index (χ1) is 27.5. The third-order valence-electron chi connectivity index (χ3n) is 10.6. The zero-order valence-corrected chi connectivity index (χ0v) is 32.3. The summed E-state index contributed by atoms with van der Waals surface area (Å²) in [6.45, 7) is 6.59. The largest absolute Gasteiger partial charge is 0.501 e. The molecule has 1 fully saturated rings. The summed E-state index contributed by atoms with van der Waals surface area (Å²) in [4.78, 5) is 66.8. The predicted molar refractivity (Wildman–Crippen MR) is 203 cm³/mol.